The fourth-order valence-corrected chi connectivity index (χ4v) is 1.77. The second-order valence-electron chi connectivity index (χ2n) is 4.31. The van der Waals surface area contributed by atoms with Gasteiger partial charge in [-0.2, -0.15) is 5.10 Å². The Balaban J connectivity index is 2.19. The molecule has 2 rings (SSSR count). The van der Waals surface area contributed by atoms with Crippen molar-refractivity contribution in [2.45, 2.75) is 6.92 Å². The highest BCUT2D eigenvalue weighted by molar-refractivity contribution is 5.94. The summed E-state index contributed by atoms with van der Waals surface area (Å²) in [6, 6.07) is 7.50. The molecule has 1 heterocycles. The average Bonchev–Trinajstić information content (AvgIpc) is 2.93. The van der Waals surface area contributed by atoms with Crippen molar-refractivity contribution in [1.29, 1.82) is 0 Å². The first-order valence-corrected chi connectivity index (χ1v) is 6.12. The predicted octanol–water partition coefficient (Wildman–Crippen LogP) is 1.06. The highest BCUT2D eigenvalue weighted by Crippen LogP contribution is 2.19. The van der Waals surface area contributed by atoms with Crippen molar-refractivity contribution in [3.05, 3.63) is 36.9 Å². The quantitative estimate of drug-likeness (QED) is 0.842. The average molecular weight is 259 g/mol. The molecule has 1 aromatic heterocycles. The second-order valence-corrected chi connectivity index (χ2v) is 4.31. The molecule has 0 fully saturated rings. The fourth-order valence-electron chi connectivity index (χ4n) is 1.77. The molecule has 1 atom stereocenters. The first-order valence-electron chi connectivity index (χ1n) is 6.12. The molecule has 1 aromatic carbocycles. The summed E-state index contributed by atoms with van der Waals surface area (Å²) in [6.07, 6.45) is 3.06. The van der Waals surface area contributed by atoms with Crippen LogP contribution in [-0.2, 0) is 4.79 Å². The molecule has 19 heavy (non-hydrogen) atoms. The Morgan fingerprint density at radius 1 is 1.42 bits per heavy atom. The lowest BCUT2D eigenvalue weighted by Gasteiger charge is -2.14. The topological polar surface area (TPSA) is 71.8 Å². The van der Waals surface area contributed by atoms with E-state index in [9.17, 15) is 4.79 Å². The number of hydrogen-bond acceptors (Lipinski definition) is 4. The number of benzene rings is 1. The van der Waals surface area contributed by atoms with Gasteiger partial charge < -0.3 is 10.6 Å². The van der Waals surface area contributed by atoms with Crippen molar-refractivity contribution in [3.63, 3.8) is 0 Å². The third-order valence-electron chi connectivity index (χ3n) is 2.79. The van der Waals surface area contributed by atoms with Crippen LogP contribution in [0.4, 0.5) is 5.69 Å². The third-order valence-corrected chi connectivity index (χ3v) is 2.79. The van der Waals surface area contributed by atoms with Crippen LogP contribution in [0.2, 0.25) is 0 Å². The Morgan fingerprint density at radius 3 is 2.89 bits per heavy atom. The van der Waals surface area contributed by atoms with Gasteiger partial charge in [0.2, 0.25) is 5.91 Å². The zero-order valence-corrected chi connectivity index (χ0v) is 11.0. The third kappa shape index (κ3) is 3.17. The number of carbonyl (C=O) groups excluding carboxylic acids is 1. The van der Waals surface area contributed by atoms with Crippen LogP contribution in [0.3, 0.4) is 0 Å². The lowest BCUT2D eigenvalue weighted by Crippen LogP contribution is -2.29. The molecule has 2 N–H and O–H groups in total. The van der Waals surface area contributed by atoms with Gasteiger partial charge in [0.15, 0.2) is 0 Å². The molecule has 1 amide bonds. The van der Waals surface area contributed by atoms with Gasteiger partial charge in [-0.15, -0.1) is 0 Å². The van der Waals surface area contributed by atoms with Gasteiger partial charge in [0.25, 0.3) is 0 Å². The Kier molecular flexibility index (Phi) is 4.25. The molecule has 0 radical (unpaired) electrons. The van der Waals surface area contributed by atoms with Crippen molar-refractivity contribution in [2.24, 2.45) is 5.92 Å². The van der Waals surface area contributed by atoms with Crippen LogP contribution < -0.4 is 10.6 Å². The molecule has 100 valence electrons. The van der Waals surface area contributed by atoms with Crippen molar-refractivity contribution in [3.8, 4) is 5.69 Å². The molecule has 0 aliphatic rings. The maximum atomic E-state index is 12.0. The van der Waals surface area contributed by atoms with Gasteiger partial charge in [0, 0.05) is 12.5 Å². The number of para-hydroxylation sites is 2. The van der Waals surface area contributed by atoms with E-state index in [-0.39, 0.29) is 11.8 Å². The summed E-state index contributed by atoms with van der Waals surface area (Å²) in [5, 5.41) is 9.98. The lowest BCUT2D eigenvalue weighted by atomic mass is 10.1. The maximum absolute atomic E-state index is 12.0. The number of nitrogens with zero attached hydrogens (tertiary/aromatic N) is 3. The van der Waals surface area contributed by atoms with E-state index in [4.69, 9.17) is 0 Å². The van der Waals surface area contributed by atoms with E-state index in [1.807, 2.05) is 38.2 Å². The van der Waals surface area contributed by atoms with Gasteiger partial charge in [0.05, 0.1) is 11.4 Å². The summed E-state index contributed by atoms with van der Waals surface area (Å²) in [7, 11) is 1.83. The molecule has 0 saturated heterocycles. The van der Waals surface area contributed by atoms with Crippen LogP contribution in [0, 0.1) is 5.92 Å². The van der Waals surface area contributed by atoms with Gasteiger partial charge in [-0.25, -0.2) is 9.67 Å². The summed E-state index contributed by atoms with van der Waals surface area (Å²) in [6.45, 7) is 2.52. The Hall–Kier alpha value is -2.21. The predicted molar refractivity (Wildman–Crippen MR) is 73.1 cm³/mol. The highest BCUT2D eigenvalue weighted by atomic mass is 16.1. The molecule has 0 aliphatic carbocycles. The molecule has 0 aliphatic heterocycles. The Morgan fingerprint density at radius 2 is 2.21 bits per heavy atom. The zero-order valence-electron chi connectivity index (χ0n) is 11.0. The van der Waals surface area contributed by atoms with Crippen molar-refractivity contribution in [1.82, 2.24) is 20.1 Å². The van der Waals surface area contributed by atoms with Crippen molar-refractivity contribution >= 4 is 11.6 Å². The van der Waals surface area contributed by atoms with Crippen LogP contribution in [0.15, 0.2) is 36.9 Å². The number of hydrogen-bond donors (Lipinski definition) is 2. The van der Waals surface area contributed by atoms with Crippen LogP contribution in [0.25, 0.3) is 5.69 Å². The Bertz CT molecular complexity index is 538. The molecular formula is C13H17N5O. The zero-order chi connectivity index (χ0) is 13.7. The van der Waals surface area contributed by atoms with Crippen LogP contribution in [0.5, 0.6) is 0 Å². The van der Waals surface area contributed by atoms with E-state index in [0.717, 1.165) is 11.4 Å². The van der Waals surface area contributed by atoms with E-state index in [2.05, 4.69) is 20.7 Å². The molecule has 0 bridgehead atoms. The summed E-state index contributed by atoms with van der Waals surface area (Å²) >= 11 is 0. The van der Waals surface area contributed by atoms with Gasteiger partial charge in [-0.05, 0) is 19.2 Å². The normalized spacial score (nSPS) is 12.1. The van der Waals surface area contributed by atoms with Crippen molar-refractivity contribution in [2.75, 3.05) is 18.9 Å². The SMILES string of the molecule is CNCC(C)C(=O)Nc1ccccc1-n1cncn1. The summed E-state index contributed by atoms with van der Waals surface area (Å²) in [5.41, 5.74) is 1.52. The first-order chi connectivity index (χ1) is 9.22. The standard InChI is InChI=1S/C13H17N5O/c1-10(7-14-2)13(19)17-11-5-3-4-6-12(11)18-9-15-8-16-18/h3-6,8-10,14H,7H2,1-2H3,(H,17,19). The van der Waals surface area contributed by atoms with Crippen LogP contribution >= 0.6 is 0 Å². The molecule has 6 nitrogen and oxygen atoms in total. The van der Waals surface area contributed by atoms with E-state index in [1.165, 1.54) is 6.33 Å². The maximum Gasteiger partial charge on any atom is 0.228 e. The van der Waals surface area contributed by atoms with E-state index in [1.54, 1.807) is 11.0 Å². The fraction of sp³-hybridized carbons (Fsp3) is 0.308. The monoisotopic (exact) mass is 259 g/mol. The lowest BCUT2D eigenvalue weighted by molar-refractivity contribution is -0.119. The number of nitrogens with one attached hydrogen (secondary N) is 2. The largest absolute Gasteiger partial charge is 0.324 e. The second kappa shape index (κ2) is 6.10. The van der Waals surface area contributed by atoms with E-state index >= 15 is 0 Å². The Labute approximate surface area is 111 Å². The van der Waals surface area contributed by atoms with Crippen LogP contribution in [0.1, 0.15) is 6.92 Å². The van der Waals surface area contributed by atoms with E-state index < -0.39 is 0 Å². The number of carbonyl (C=O) groups is 1. The summed E-state index contributed by atoms with van der Waals surface area (Å²) < 4.78 is 1.62. The van der Waals surface area contributed by atoms with E-state index in [0.29, 0.717) is 6.54 Å². The summed E-state index contributed by atoms with van der Waals surface area (Å²) in [4.78, 5) is 15.9. The molecule has 1 unspecified atom stereocenters. The van der Waals surface area contributed by atoms with Gasteiger partial charge in [-0.1, -0.05) is 19.1 Å². The van der Waals surface area contributed by atoms with Gasteiger partial charge in [-0.3, -0.25) is 4.79 Å². The number of amides is 1. The van der Waals surface area contributed by atoms with Gasteiger partial charge in [0.1, 0.15) is 12.7 Å². The number of rotatable bonds is 5. The molecule has 2 aromatic rings. The first kappa shape index (κ1) is 13.2. The molecule has 6 heteroatoms. The minimum Gasteiger partial charge on any atom is -0.324 e. The number of aromatic nitrogens is 3. The van der Waals surface area contributed by atoms with Gasteiger partial charge >= 0.3 is 0 Å². The molecule has 0 saturated carbocycles. The minimum atomic E-state index is -0.103. The molecular weight excluding hydrogens is 242 g/mol. The summed E-state index contributed by atoms with van der Waals surface area (Å²) in [5.74, 6) is -0.129. The minimum absolute atomic E-state index is 0.0260. The molecule has 0 spiro atoms. The highest BCUT2D eigenvalue weighted by Gasteiger charge is 2.14. The van der Waals surface area contributed by atoms with Crippen LogP contribution in [-0.4, -0.2) is 34.3 Å². The smallest absolute Gasteiger partial charge is 0.228 e. The van der Waals surface area contributed by atoms with Crippen molar-refractivity contribution < 1.29 is 4.79 Å². The number of anilines is 1.